The molecule has 7 amide bonds. The van der Waals surface area contributed by atoms with Gasteiger partial charge in [-0.15, -0.1) is 0 Å². The maximum absolute atomic E-state index is 13.8. The minimum atomic E-state index is -1.80. The van der Waals surface area contributed by atoms with Gasteiger partial charge >= 0.3 is 11.9 Å². The highest BCUT2D eigenvalue weighted by Crippen LogP contribution is 2.25. The summed E-state index contributed by atoms with van der Waals surface area (Å²) in [4.78, 5) is 124. The number of hydrogen-bond acceptors (Lipinski definition) is 10. The van der Waals surface area contributed by atoms with Crippen LogP contribution in [-0.2, 0) is 54.3 Å². The molecule has 0 bridgehead atoms. The number of methoxy groups -OCH3 is 1. The number of carboxylic acid groups (broad SMARTS) is 2. The van der Waals surface area contributed by atoms with Crippen LogP contribution in [0.3, 0.4) is 0 Å². The Labute approximate surface area is 382 Å². The Balaban J connectivity index is 2.52. The summed E-state index contributed by atoms with van der Waals surface area (Å²) >= 11 is 0. The first-order chi connectivity index (χ1) is 30.4. The molecule has 0 radical (unpaired) electrons. The van der Waals surface area contributed by atoms with Gasteiger partial charge in [0, 0.05) is 33.0 Å². The van der Waals surface area contributed by atoms with Gasteiger partial charge in [-0.25, -0.2) is 14.6 Å². The maximum atomic E-state index is 13.8. The lowest BCUT2D eigenvalue weighted by molar-refractivity contribution is -0.146. The Morgan fingerprint density at radius 3 is 1.91 bits per heavy atom. The fraction of sp³-hybridized carbons (Fsp3) is 0.652. The third kappa shape index (κ3) is 17.6. The second-order valence-corrected chi connectivity index (χ2v) is 17.9. The predicted octanol–water partition coefficient (Wildman–Crippen LogP) is 2.25. The van der Waals surface area contributed by atoms with Gasteiger partial charge in [-0.3, -0.25) is 33.6 Å². The molecule has 0 spiro atoms. The van der Waals surface area contributed by atoms with Gasteiger partial charge in [0.1, 0.15) is 35.9 Å². The van der Waals surface area contributed by atoms with E-state index < -0.39 is 120 Å². The van der Waals surface area contributed by atoms with Crippen LogP contribution in [-0.4, -0.2) is 131 Å². The molecule has 1 aliphatic rings. The first-order valence-electron chi connectivity index (χ1n) is 22.3. The Morgan fingerprint density at radius 2 is 1.35 bits per heavy atom. The largest absolute Gasteiger partial charge is 0.480 e. The van der Waals surface area contributed by atoms with E-state index in [0.717, 1.165) is 16.9 Å². The Bertz CT molecular complexity index is 1870. The molecule has 1 aliphatic heterocycles. The molecule has 362 valence electrons. The molecule has 0 fully saturated rings. The van der Waals surface area contributed by atoms with Crippen molar-refractivity contribution in [1.29, 1.82) is 0 Å². The average molecular weight is 914 g/mol. The molecular formula is C46H71N7O12. The van der Waals surface area contributed by atoms with Crippen LogP contribution in [0.25, 0.3) is 0 Å². The summed E-state index contributed by atoms with van der Waals surface area (Å²) in [6, 6.07) is 2.26. The van der Waals surface area contributed by atoms with Crippen LogP contribution in [0.1, 0.15) is 106 Å². The topological polar surface area (TPSA) is 279 Å². The molecule has 65 heavy (non-hydrogen) atoms. The summed E-state index contributed by atoms with van der Waals surface area (Å²) < 4.78 is 5.85. The smallest absolute Gasteiger partial charge is 0.350 e. The Morgan fingerprint density at radius 1 is 0.769 bits per heavy atom. The van der Waals surface area contributed by atoms with Gasteiger partial charge in [-0.1, -0.05) is 71.9 Å². The van der Waals surface area contributed by atoms with E-state index in [2.05, 4.69) is 38.5 Å². The zero-order valence-electron chi connectivity index (χ0n) is 39.6. The van der Waals surface area contributed by atoms with Crippen molar-refractivity contribution in [2.24, 2.45) is 34.6 Å². The zero-order valence-corrected chi connectivity index (χ0v) is 39.6. The molecule has 0 aromatic heterocycles. The minimum Gasteiger partial charge on any atom is -0.480 e. The van der Waals surface area contributed by atoms with Crippen molar-refractivity contribution in [2.75, 3.05) is 14.2 Å². The van der Waals surface area contributed by atoms with Gasteiger partial charge < -0.3 is 46.4 Å². The van der Waals surface area contributed by atoms with Crippen molar-refractivity contribution in [2.45, 2.75) is 150 Å². The molecule has 1 aromatic carbocycles. The second kappa shape index (κ2) is 26.3. The number of carbonyl (C=O) groups excluding carboxylic acids is 7. The Hall–Kier alpha value is -5.72. The standard InChI is InChI=1S/C46H71N7O12/c1-24(2)21-35-44(60)52-38(46(63)64)28(6)40(56)47-29(7)41(57)49-33(18-17-25(3)22-26(4)36(65-11)23-32-15-13-12-14-16-32)27(5)39(55)50-34(45(61)62)19-20-37(54)53(10)31(9)43(59)48-30(8)42(58)51-35/h12-16,24-31,33,35-36,38H,17-23H2,1-11H3,(H,47,56)(H,48,59)(H,49,57)(H,51,58)(H,52,60)(H,61,62)(H,63,64)/b50-34+/t25?,26?,27-,28-,29-,30+,31-,33-,35-,36?,38+/m0/s1. The van der Waals surface area contributed by atoms with Crippen molar-refractivity contribution in [3.8, 4) is 0 Å². The van der Waals surface area contributed by atoms with Crippen LogP contribution in [0, 0.1) is 29.6 Å². The van der Waals surface area contributed by atoms with Crippen LogP contribution in [0.2, 0.25) is 0 Å². The number of rotatable bonds is 13. The molecule has 11 atom stereocenters. The number of likely N-dealkylation sites (N-methyl/N-ethyl adjacent to an activating group) is 1. The van der Waals surface area contributed by atoms with Gasteiger partial charge in [0.2, 0.25) is 35.4 Å². The summed E-state index contributed by atoms with van der Waals surface area (Å²) in [7, 11) is 2.97. The van der Waals surface area contributed by atoms with Gasteiger partial charge in [-0.2, -0.15) is 0 Å². The highest BCUT2D eigenvalue weighted by atomic mass is 16.5. The van der Waals surface area contributed by atoms with E-state index in [1.807, 2.05) is 37.3 Å². The third-order valence-electron chi connectivity index (χ3n) is 12.0. The number of carboxylic acids is 2. The highest BCUT2D eigenvalue weighted by molar-refractivity contribution is 6.37. The quantitative estimate of drug-likeness (QED) is 0.150. The first-order valence-corrected chi connectivity index (χ1v) is 22.3. The normalized spacial score (nSPS) is 27.6. The molecule has 2 rings (SSSR count). The second-order valence-electron chi connectivity index (χ2n) is 17.9. The average Bonchev–Trinajstić information content (AvgIpc) is 3.25. The van der Waals surface area contributed by atoms with Crippen LogP contribution in [0.4, 0.5) is 0 Å². The summed E-state index contributed by atoms with van der Waals surface area (Å²) in [5, 5.41) is 32.8. The number of hydrogen-bond donors (Lipinski definition) is 7. The lowest BCUT2D eigenvalue weighted by atomic mass is 9.85. The fourth-order valence-electron chi connectivity index (χ4n) is 7.51. The van der Waals surface area contributed by atoms with Crippen LogP contribution in [0.15, 0.2) is 35.3 Å². The number of nitrogens with zero attached hydrogens (tertiary/aromatic N) is 2. The number of amides is 7. The van der Waals surface area contributed by atoms with Crippen molar-refractivity contribution >= 4 is 59.0 Å². The molecule has 0 saturated heterocycles. The van der Waals surface area contributed by atoms with Gasteiger partial charge in [-0.05, 0) is 76.2 Å². The number of aliphatic carboxylic acids is 2. The highest BCUT2D eigenvalue weighted by Gasteiger charge is 2.37. The number of benzene rings is 1. The summed E-state index contributed by atoms with van der Waals surface area (Å²) in [5.41, 5.74) is 0.511. The van der Waals surface area contributed by atoms with E-state index in [1.165, 1.54) is 41.7 Å². The zero-order chi connectivity index (χ0) is 49.3. The fourth-order valence-corrected chi connectivity index (χ4v) is 7.51. The number of aliphatic imine (C=N–C) groups is 1. The minimum absolute atomic E-state index is 0.0550. The molecular weight excluding hydrogens is 843 g/mol. The lowest BCUT2D eigenvalue weighted by Gasteiger charge is -2.29. The van der Waals surface area contributed by atoms with E-state index in [9.17, 15) is 53.4 Å². The lowest BCUT2D eigenvalue weighted by Crippen LogP contribution is -2.59. The molecule has 19 heteroatoms. The van der Waals surface area contributed by atoms with Crippen molar-refractivity contribution in [3.63, 3.8) is 0 Å². The summed E-state index contributed by atoms with van der Waals surface area (Å²) in [5.74, 6) is -11.3. The van der Waals surface area contributed by atoms with E-state index >= 15 is 0 Å². The molecule has 3 unspecified atom stereocenters. The van der Waals surface area contributed by atoms with E-state index in [-0.39, 0.29) is 36.7 Å². The monoisotopic (exact) mass is 914 g/mol. The number of nitrogens with one attached hydrogen (secondary N) is 5. The van der Waals surface area contributed by atoms with Crippen molar-refractivity contribution < 1.29 is 58.1 Å². The van der Waals surface area contributed by atoms with Gasteiger partial charge in [0.25, 0.3) is 5.91 Å². The van der Waals surface area contributed by atoms with Crippen molar-refractivity contribution in [1.82, 2.24) is 31.5 Å². The predicted molar refractivity (Wildman–Crippen MR) is 241 cm³/mol. The van der Waals surface area contributed by atoms with E-state index in [0.29, 0.717) is 12.8 Å². The number of ether oxygens (including phenoxy) is 1. The molecule has 1 aromatic rings. The first kappa shape index (κ1) is 55.4. The Kier molecular flexibility index (Phi) is 22.4. The van der Waals surface area contributed by atoms with Crippen LogP contribution in [0.5, 0.6) is 0 Å². The molecule has 0 aliphatic carbocycles. The van der Waals surface area contributed by atoms with Gasteiger partial charge in [0.05, 0.1) is 17.9 Å². The SMILES string of the molecule is COC(Cc1ccccc1)C(C)CC(C)CC[C@@H]1NC(=O)[C@H](C)NC(=O)[C@@H](C)[C@H](C(=O)O)NC(=O)[C@H](CC(C)C)NC(=O)[C@@H](C)NC(=O)[C@H](C)N(C)C(=O)CC/C(C(=O)O)=N\C(=O)[C@H]1C. The van der Waals surface area contributed by atoms with Crippen LogP contribution < -0.4 is 26.6 Å². The van der Waals surface area contributed by atoms with Gasteiger partial charge in [0.15, 0.2) is 0 Å². The van der Waals surface area contributed by atoms with E-state index in [1.54, 1.807) is 21.0 Å². The third-order valence-corrected chi connectivity index (χ3v) is 12.0. The molecule has 19 nitrogen and oxygen atoms in total. The van der Waals surface area contributed by atoms with Crippen molar-refractivity contribution in [3.05, 3.63) is 35.9 Å². The summed E-state index contributed by atoms with van der Waals surface area (Å²) in [6.45, 7) is 14.5. The van der Waals surface area contributed by atoms with Crippen LogP contribution >= 0.6 is 0 Å². The molecule has 1 heterocycles. The number of carbonyl (C=O) groups is 9. The summed E-state index contributed by atoms with van der Waals surface area (Å²) in [6.07, 6.45) is 1.23. The molecule has 7 N–H and O–H groups in total. The maximum Gasteiger partial charge on any atom is 0.350 e. The molecule has 0 saturated carbocycles. The van der Waals surface area contributed by atoms with E-state index in [4.69, 9.17) is 4.74 Å².